The summed E-state index contributed by atoms with van der Waals surface area (Å²) in [5, 5.41) is 3.29. The van der Waals surface area contributed by atoms with Crippen LogP contribution in [0.1, 0.15) is 12.5 Å². The van der Waals surface area contributed by atoms with Gasteiger partial charge in [-0.15, -0.1) is 0 Å². The van der Waals surface area contributed by atoms with Gasteiger partial charge in [0.15, 0.2) is 0 Å². The number of nitrogens with one attached hydrogen (secondary N) is 1. The molecule has 2 heterocycles. The van der Waals surface area contributed by atoms with Crippen molar-refractivity contribution in [3.63, 3.8) is 0 Å². The molecule has 14 heavy (non-hydrogen) atoms. The summed E-state index contributed by atoms with van der Waals surface area (Å²) in [6.45, 7) is 4.22. The SMILES string of the molecule is CCc1cccc2c1nc1n2CCN1. The smallest absolute Gasteiger partial charge is 0.204 e. The first-order chi connectivity index (χ1) is 6.90. The van der Waals surface area contributed by atoms with Crippen molar-refractivity contribution in [1.82, 2.24) is 9.55 Å². The van der Waals surface area contributed by atoms with Gasteiger partial charge in [0.1, 0.15) is 0 Å². The molecule has 0 bridgehead atoms. The number of aryl methyl sites for hydroxylation is 1. The Morgan fingerprint density at radius 3 is 3.29 bits per heavy atom. The third-order valence-corrected chi connectivity index (χ3v) is 2.86. The van der Waals surface area contributed by atoms with Gasteiger partial charge in [-0.1, -0.05) is 19.1 Å². The standard InChI is InChI=1S/C11H13N3/c1-2-8-4-3-5-9-10(8)13-11-12-6-7-14(9)11/h3-5H,2,6-7H2,1H3,(H,12,13). The van der Waals surface area contributed by atoms with Gasteiger partial charge < -0.3 is 9.88 Å². The summed E-state index contributed by atoms with van der Waals surface area (Å²) < 4.78 is 2.26. The van der Waals surface area contributed by atoms with Gasteiger partial charge in [0.25, 0.3) is 0 Å². The van der Waals surface area contributed by atoms with Crippen molar-refractivity contribution in [2.24, 2.45) is 0 Å². The van der Waals surface area contributed by atoms with Crippen molar-refractivity contribution in [1.29, 1.82) is 0 Å². The molecule has 3 heteroatoms. The van der Waals surface area contributed by atoms with Crippen molar-refractivity contribution in [2.45, 2.75) is 19.9 Å². The summed E-state index contributed by atoms with van der Waals surface area (Å²) >= 11 is 0. The molecule has 0 spiro atoms. The largest absolute Gasteiger partial charge is 0.354 e. The summed E-state index contributed by atoms with van der Waals surface area (Å²) in [7, 11) is 0. The van der Waals surface area contributed by atoms with E-state index in [4.69, 9.17) is 0 Å². The van der Waals surface area contributed by atoms with Gasteiger partial charge in [-0.05, 0) is 18.1 Å². The molecule has 0 atom stereocenters. The van der Waals surface area contributed by atoms with Crippen molar-refractivity contribution in [3.05, 3.63) is 23.8 Å². The van der Waals surface area contributed by atoms with E-state index in [-0.39, 0.29) is 0 Å². The quantitative estimate of drug-likeness (QED) is 0.740. The highest BCUT2D eigenvalue weighted by Gasteiger charge is 2.16. The van der Waals surface area contributed by atoms with E-state index in [0.717, 1.165) is 31.0 Å². The normalized spacial score (nSPS) is 14.4. The Balaban J connectivity index is 2.36. The van der Waals surface area contributed by atoms with Gasteiger partial charge in [-0.3, -0.25) is 0 Å². The monoisotopic (exact) mass is 187 g/mol. The van der Waals surface area contributed by atoms with Crippen LogP contribution in [0.25, 0.3) is 11.0 Å². The van der Waals surface area contributed by atoms with Crippen LogP contribution in [0, 0.1) is 0 Å². The Morgan fingerprint density at radius 1 is 1.50 bits per heavy atom. The Morgan fingerprint density at radius 2 is 2.43 bits per heavy atom. The molecule has 0 saturated carbocycles. The molecule has 0 saturated heterocycles. The van der Waals surface area contributed by atoms with Gasteiger partial charge in [0.05, 0.1) is 11.0 Å². The van der Waals surface area contributed by atoms with Crippen molar-refractivity contribution >= 4 is 17.0 Å². The molecular weight excluding hydrogens is 174 g/mol. The van der Waals surface area contributed by atoms with Crippen molar-refractivity contribution < 1.29 is 0 Å². The average molecular weight is 187 g/mol. The summed E-state index contributed by atoms with van der Waals surface area (Å²) in [6.07, 6.45) is 1.05. The molecule has 1 aliphatic rings. The van der Waals surface area contributed by atoms with Crippen molar-refractivity contribution in [2.75, 3.05) is 11.9 Å². The maximum atomic E-state index is 4.62. The van der Waals surface area contributed by atoms with E-state index in [1.54, 1.807) is 0 Å². The predicted molar refractivity (Wildman–Crippen MR) is 57.6 cm³/mol. The second-order valence-electron chi connectivity index (χ2n) is 3.65. The molecule has 3 rings (SSSR count). The summed E-state index contributed by atoms with van der Waals surface area (Å²) in [5.74, 6) is 1.03. The Bertz CT molecular complexity index is 484. The number of imidazole rings is 1. The third kappa shape index (κ3) is 0.895. The fourth-order valence-electron chi connectivity index (χ4n) is 2.13. The average Bonchev–Trinajstić information content (AvgIpc) is 2.76. The van der Waals surface area contributed by atoms with E-state index >= 15 is 0 Å². The van der Waals surface area contributed by atoms with Crippen LogP contribution in [-0.2, 0) is 13.0 Å². The fraction of sp³-hybridized carbons (Fsp3) is 0.364. The molecule has 1 aliphatic heterocycles. The van der Waals surface area contributed by atoms with E-state index in [9.17, 15) is 0 Å². The molecule has 0 aliphatic carbocycles. The lowest BCUT2D eigenvalue weighted by molar-refractivity contribution is 0.837. The number of benzene rings is 1. The highest BCUT2D eigenvalue weighted by Crippen LogP contribution is 2.25. The predicted octanol–water partition coefficient (Wildman–Crippen LogP) is 2.02. The van der Waals surface area contributed by atoms with Gasteiger partial charge in [-0.2, -0.15) is 0 Å². The number of anilines is 1. The first-order valence-electron chi connectivity index (χ1n) is 5.12. The molecule has 0 amide bonds. The Kier molecular flexibility index (Phi) is 1.54. The van der Waals surface area contributed by atoms with E-state index in [1.165, 1.54) is 11.1 Å². The number of para-hydroxylation sites is 1. The zero-order chi connectivity index (χ0) is 9.54. The zero-order valence-corrected chi connectivity index (χ0v) is 8.25. The van der Waals surface area contributed by atoms with Gasteiger partial charge in [0.2, 0.25) is 5.95 Å². The lowest BCUT2D eigenvalue weighted by Gasteiger charge is -1.99. The summed E-state index contributed by atoms with van der Waals surface area (Å²) in [4.78, 5) is 4.62. The number of fused-ring (bicyclic) bond motifs is 3. The van der Waals surface area contributed by atoms with Crippen LogP contribution in [0.2, 0.25) is 0 Å². The number of nitrogens with zero attached hydrogens (tertiary/aromatic N) is 2. The topological polar surface area (TPSA) is 29.9 Å². The third-order valence-electron chi connectivity index (χ3n) is 2.86. The minimum absolute atomic E-state index is 1.01. The second-order valence-corrected chi connectivity index (χ2v) is 3.65. The Labute approximate surface area is 82.8 Å². The summed E-state index contributed by atoms with van der Waals surface area (Å²) in [6, 6.07) is 6.43. The zero-order valence-electron chi connectivity index (χ0n) is 8.25. The maximum absolute atomic E-state index is 4.62. The van der Waals surface area contributed by atoms with Crippen molar-refractivity contribution in [3.8, 4) is 0 Å². The lowest BCUT2D eigenvalue weighted by atomic mass is 10.1. The van der Waals surface area contributed by atoms with Crippen LogP contribution in [0.3, 0.4) is 0 Å². The van der Waals surface area contributed by atoms with E-state index in [1.807, 2.05) is 0 Å². The molecule has 1 aromatic heterocycles. The minimum Gasteiger partial charge on any atom is -0.354 e. The van der Waals surface area contributed by atoms with Gasteiger partial charge in [0, 0.05) is 13.1 Å². The fourth-order valence-corrected chi connectivity index (χ4v) is 2.13. The first kappa shape index (κ1) is 7.85. The minimum atomic E-state index is 1.01. The van der Waals surface area contributed by atoms with E-state index in [0.29, 0.717) is 0 Å². The maximum Gasteiger partial charge on any atom is 0.204 e. The van der Waals surface area contributed by atoms with Crippen LogP contribution < -0.4 is 5.32 Å². The van der Waals surface area contributed by atoms with Crippen LogP contribution in [0.4, 0.5) is 5.95 Å². The second kappa shape index (κ2) is 2.74. The van der Waals surface area contributed by atoms with Gasteiger partial charge >= 0.3 is 0 Å². The molecule has 0 radical (unpaired) electrons. The molecular formula is C11H13N3. The molecule has 3 nitrogen and oxygen atoms in total. The van der Waals surface area contributed by atoms with E-state index in [2.05, 4.69) is 40.0 Å². The molecule has 2 aromatic rings. The van der Waals surface area contributed by atoms with Crippen LogP contribution >= 0.6 is 0 Å². The first-order valence-corrected chi connectivity index (χ1v) is 5.12. The van der Waals surface area contributed by atoms with E-state index < -0.39 is 0 Å². The highest BCUT2D eigenvalue weighted by atomic mass is 15.3. The lowest BCUT2D eigenvalue weighted by Crippen LogP contribution is -1.95. The number of hydrogen-bond donors (Lipinski definition) is 1. The van der Waals surface area contributed by atoms with Crippen LogP contribution in [-0.4, -0.2) is 16.1 Å². The number of rotatable bonds is 1. The Hall–Kier alpha value is -1.51. The highest BCUT2D eigenvalue weighted by molar-refractivity contribution is 5.82. The van der Waals surface area contributed by atoms with Crippen LogP contribution in [0.15, 0.2) is 18.2 Å². The molecule has 1 N–H and O–H groups in total. The number of aromatic nitrogens is 2. The summed E-state index contributed by atoms with van der Waals surface area (Å²) in [5.41, 5.74) is 3.77. The van der Waals surface area contributed by atoms with Crippen LogP contribution in [0.5, 0.6) is 0 Å². The molecule has 1 aromatic carbocycles. The van der Waals surface area contributed by atoms with Gasteiger partial charge in [-0.25, -0.2) is 4.98 Å². The number of hydrogen-bond acceptors (Lipinski definition) is 2. The molecule has 0 fully saturated rings. The molecule has 72 valence electrons. The molecule has 0 unspecified atom stereocenters.